The minimum absolute atomic E-state index is 0.132. The molecule has 0 saturated carbocycles. The number of carbonyl (C=O) groups is 1. The SMILES string of the molecule is CN[C@@H](C)[C@@H]1CCN(c2cc3c(cc2F)c(=O)c(C(=O)O)cn3-c2ccc(F)cc2F)C1. The van der Waals surface area contributed by atoms with E-state index in [-0.39, 0.29) is 28.3 Å². The molecule has 4 rings (SSSR count). The summed E-state index contributed by atoms with van der Waals surface area (Å²) < 4.78 is 44.3. The predicted octanol–water partition coefficient (Wildman–Crippen LogP) is 3.54. The summed E-state index contributed by atoms with van der Waals surface area (Å²) in [7, 11) is 1.86. The zero-order valence-electron chi connectivity index (χ0n) is 17.5. The van der Waals surface area contributed by atoms with E-state index in [1.165, 1.54) is 6.07 Å². The first-order chi connectivity index (χ1) is 15.2. The van der Waals surface area contributed by atoms with Crippen molar-refractivity contribution in [2.45, 2.75) is 19.4 Å². The fourth-order valence-electron chi connectivity index (χ4n) is 4.25. The van der Waals surface area contributed by atoms with E-state index in [4.69, 9.17) is 0 Å². The van der Waals surface area contributed by atoms with Gasteiger partial charge in [0.15, 0.2) is 0 Å². The number of aromatic carboxylic acids is 1. The van der Waals surface area contributed by atoms with Crippen molar-refractivity contribution >= 4 is 22.6 Å². The zero-order valence-corrected chi connectivity index (χ0v) is 17.5. The minimum Gasteiger partial charge on any atom is -0.477 e. The molecule has 1 aromatic heterocycles. The molecule has 1 saturated heterocycles. The van der Waals surface area contributed by atoms with Gasteiger partial charge in [-0.15, -0.1) is 0 Å². The highest BCUT2D eigenvalue weighted by Crippen LogP contribution is 2.32. The highest BCUT2D eigenvalue weighted by Gasteiger charge is 2.29. The number of nitrogens with one attached hydrogen (secondary N) is 1. The van der Waals surface area contributed by atoms with Crippen LogP contribution in [0.15, 0.2) is 41.3 Å². The van der Waals surface area contributed by atoms with E-state index in [0.717, 1.165) is 35.4 Å². The van der Waals surface area contributed by atoms with Gasteiger partial charge in [-0.25, -0.2) is 18.0 Å². The number of benzene rings is 2. The van der Waals surface area contributed by atoms with Crippen LogP contribution in [0.2, 0.25) is 0 Å². The lowest BCUT2D eigenvalue weighted by molar-refractivity contribution is 0.0695. The smallest absolute Gasteiger partial charge is 0.341 e. The first-order valence-corrected chi connectivity index (χ1v) is 10.2. The molecule has 6 nitrogen and oxygen atoms in total. The summed E-state index contributed by atoms with van der Waals surface area (Å²) in [5.41, 5.74) is -1.30. The van der Waals surface area contributed by atoms with E-state index < -0.39 is 34.4 Å². The van der Waals surface area contributed by atoms with E-state index in [1.54, 1.807) is 0 Å². The maximum atomic E-state index is 15.1. The van der Waals surface area contributed by atoms with Crippen LogP contribution < -0.4 is 15.6 Å². The molecule has 0 spiro atoms. The Morgan fingerprint density at radius 3 is 2.53 bits per heavy atom. The van der Waals surface area contributed by atoms with Crippen molar-refractivity contribution in [2.75, 3.05) is 25.0 Å². The second kappa shape index (κ2) is 8.31. The molecule has 1 fully saturated rings. The number of hydrogen-bond donors (Lipinski definition) is 2. The molecule has 9 heteroatoms. The molecule has 1 aliphatic heterocycles. The average Bonchev–Trinajstić information content (AvgIpc) is 3.23. The van der Waals surface area contributed by atoms with Gasteiger partial charge in [0.1, 0.15) is 23.0 Å². The summed E-state index contributed by atoms with van der Waals surface area (Å²) in [4.78, 5) is 26.2. The number of fused-ring (bicyclic) bond motifs is 1. The largest absolute Gasteiger partial charge is 0.477 e. The maximum absolute atomic E-state index is 15.1. The van der Waals surface area contributed by atoms with Crippen molar-refractivity contribution in [3.63, 3.8) is 0 Å². The summed E-state index contributed by atoms with van der Waals surface area (Å²) in [6.07, 6.45) is 1.83. The Balaban J connectivity index is 1.94. The molecular formula is C23H22F3N3O3. The summed E-state index contributed by atoms with van der Waals surface area (Å²) in [5, 5.41) is 12.4. The third-order valence-electron chi connectivity index (χ3n) is 6.20. The second-order valence-electron chi connectivity index (χ2n) is 8.04. The third-order valence-corrected chi connectivity index (χ3v) is 6.20. The van der Waals surface area contributed by atoms with Crippen LogP contribution in [0.5, 0.6) is 0 Å². The van der Waals surface area contributed by atoms with Crippen molar-refractivity contribution in [3.05, 3.63) is 69.8 Å². The van der Waals surface area contributed by atoms with Crippen LogP contribution in [0.4, 0.5) is 18.9 Å². The van der Waals surface area contributed by atoms with Crippen molar-refractivity contribution in [2.24, 2.45) is 5.92 Å². The van der Waals surface area contributed by atoms with Gasteiger partial charge >= 0.3 is 5.97 Å². The third kappa shape index (κ3) is 3.73. The Labute approximate surface area is 181 Å². The second-order valence-corrected chi connectivity index (χ2v) is 8.04. The lowest BCUT2D eigenvalue weighted by Crippen LogP contribution is -2.32. The normalized spacial score (nSPS) is 17.2. The number of anilines is 1. The quantitative estimate of drug-likeness (QED) is 0.629. The van der Waals surface area contributed by atoms with Gasteiger partial charge in [-0.3, -0.25) is 4.79 Å². The van der Waals surface area contributed by atoms with E-state index in [2.05, 4.69) is 5.32 Å². The number of nitrogens with zero attached hydrogens (tertiary/aromatic N) is 2. The molecule has 168 valence electrons. The molecule has 1 aliphatic rings. The van der Waals surface area contributed by atoms with Gasteiger partial charge in [0.25, 0.3) is 0 Å². The molecule has 2 N–H and O–H groups in total. The topological polar surface area (TPSA) is 74.6 Å². The standard InChI is InChI=1S/C23H22F3N3O3/c1-12(27-2)13-5-6-28(10-13)21-9-20-15(8-18(21)26)22(30)16(23(31)32)11-29(20)19-4-3-14(24)7-17(19)25/h3-4,7-9,11-13,27H,5-6,10H2,1-2H3,(H,31,32)/t12-,13+/m0/s1. The number of aromatic nitrogens is 1. The number of halogens is 3. The van der Waals surface area contributed by atoms with Gasteiger partial charge in [-0.05, 0) is 50.6 Å². The van der Waals surface area contributed by atoms with Gasteiger partial charge in [0, 0.05) is 36.8 Å². The number of pyridine rings is 1. The van der Waals surface area contributed by atoms with Gasteiger partial charge in [0.05, 0.1) is 16.9 Å². The van der Waals surface area contributed by atoms with Crippen LogP contribution in [0.25, 0.3) is 16.6 Å². The van der Waals surface area contributed by atoms with Crippen LogP contribution in [0, 0.1) is 23.4 Å². The monoisotopic (exact) mass is 445 g/mol. The van der Waals surface area contributed by atoms with Crippen LogP contribution in [-0.2, 0) is 0 Å². The van der Waals surface area contributed by atoms with Gasteiger partial charge in [-0.1, -0.05) is 0 Å². The molecule has 2 aromatic carbocycles. The molecule has 0 unspecified atom stereocenters. The summed E-state index contributed by atoms with van der Waals surface area (Å²) in [6, 6.07) is 5.47. The highest BCUT2D eigenvalue weighted by molar-refractivity contribution is 5.94. The Hall–Kier alpha value is -3.33. The fourth-order valence-corrected chi connectivity index (χ4v) is 4.25. The minimum atomic E-state index is -1.53. The molecule has 0 amide bonds. The van der Waals surface area contributed by atoms with Crippen molar-refractivity contribution in [1.82, 2.24) is 9.88 Å². The van der Waals surface area contributed by atoms with Crippen LogP contribution in [0.3, 0.4) is 0 Å². The molecule has 32 heavy (non-hydrogen) atoms. The lowest BCUT2D eigenvalue weighted by atomic mass is 10.0. The summed E-state index contributed by atoms with van der Waals surface area (Å²) in [5.74, 6) is -3.65. The first-order valence-electron chi connectivity index (χ1n) is 10.2. The first kappa shape index (κ1) is 21.9. The molecular weight excluding hydrogens is 423 g/mol. The Kier molecular flexibility index (Phi) is 5.68. The summed E-state index contributed by atoms with van der Waals surface area (Å²) in [6.45, 7) is 3.24. The average molecular weight is 445 g/mol. The Bertz CT molecular complexity index is 1270. The zero-order chi connectivity index (χ0) is 23.2. The van der Waals surface area contributed by atoms with Crippen LogP contribution >= 0.6 is 0 Å². The molecule has 2 atom stereocenters. The van der Waals surface area contributed by atoms with E-state index in [0.29, 0.717) is 25.1 Å². The van der Waals surface area contributed by atoms with Gasteiger partial charge in [-0.2, -0.15) is 0 Å². The number of rotatable bonds is 5. The maximum Gasteiger partial charge on any atom is 0.341 e. The Morgan fingerprint density at radius 2 is 1.88 bits per heavy atom. The number of carboxylic acid groups (broad SMARTS) is 1. The molecule has 0 radical (unpaired) electrons. The number of carboxylic acids is 1. The molecule has 3 aromatic rings. The van der Waals surface area contributed by atoms with Gasteiger partial charge < -0.3 is 19.9 Å². The predicted molar refractivity (Wildman–Crippen MR) is 115 cm³/mol. The van der Waals surface area contributed by atoms with Crippen LogP contribution in [-0.4, -0.2) is 41.8 Å². The number of hydrogen-bond acceptors (Lipinski definition) is 4. The Morgan fingerprint density at radius 1 is 1.16 bits per heavy atom. The van der Waals surface area contributed by atoms with Crippen molar-refractivity contribution in [3.8, 4) is 5.69 Å². The van der Waals surface area contributed by atoms with E-state index >= 15 is 4.39 Å². The van der Waals surface area contributed by atoms with E-state index in [1.807, 2.05) is 18.9 Å². The summed E-state index contributed by atoms with van der Waals surface area (Å²) >= 11 is 0. The van der Waals surface area contributed by atoms with Crippen LogP contribution in [0.1, 0.15) is 23.7 Å². The highest BCUT2D eigenvalue weighted by atomic mass is 19.1. The van der Waals surface area contributed by atoms with Gasteiger partial charge in [0.2, 0.25) is 5.43 Å². The fraction of sp³-hybridized carbons (Fsp3) is 0.304. The molecule has 0 aliphatic carbocycles. The lowest BCUT2D eigenvalue weighted by Gasteiger charge is -2.23. The molecule has 0 bridgehead atoms. The van der Waals surface area contributed by atoms with Crippen molar-refractivity contribution < 1.29 is 23.1 Å². The van der Waals surface area contributed by atoms with Crippen molar-refractivity contribution in [1.29, 1.82) is 0 Å². The van der Waals surface area contributed by atoms with E-state index in [9.17, 15) is 23.5 Å². The molecule has 2 heterocycles.